The summed E-state index contributed by atoms with van der Waals surface area (Å²) < 4.78 is 0. The number of aliphatic imine (C=N–C) groups is 2. The molecule has 1 aliphatic carbocycles. The first-order chi connectivity index (χ1) is 8.42. The maximum absolute atomic E-state index is 4.57. The van der Waals surface area contributed by atoms with E-state index in [1.165, 1.54) is 16.7 Å². The number of hydrogen-bond acceptors (Lipinski definition) is 2. The van der Waals surface area contributed by atoms with Crippen LogP contribution in [0.2, 0.25) is 0 Å². The topological polar surface area (TPSA) is 24.7 Å². The number of fused-ring (bicyclic) bond motifs is 4. The third kappa shape index (κ3) is 1.34. The minimum Gasteiger partial charge on any atom is -0.255 e. The monoisotopic (exact) mass is 218 g/mol. The van der Waals surface area contributed by atoms with Gasteiger partial charge in [0.2, 0.25) is 0 Å². The van der Waals surface area contributed by atoms with E-state index >= 15 is 0 Å². The molecule has 0 spiro atoms. The average Bonchev–Trinajstić information content (AvgIpc) is 3.10. The van der Waals surface area contributed by atoms with Crippen LogP contribution in [0.1, 0.15) is 22.3 Å². The van der Waals surface area contributed by atoms with E-state index in [1.54, 1.807) is 0 Å². The minimum absolute atomic E-state index is 0.986. The molecule has 0 atom stereocenters. The van der Waals surface area contributed by atoms with Crippen molar-refractivity contribution in [1.29, 1.82) is 0 Å². The molecule has 1 heterocycles. The van der Waals surface area contributed by atoms with Gasteiger partial charge in [-0.15, -0.1) is 0 Å². The first kappa shape index (κ1) is 8.88. The number of rotatable bonds is 0. The summed E-state index contributed by atoms with van der Waals surface area (Å²) in [6, 6.07) is 12.3. The lowest BCUT2D eigenvalue weighted by atomic mass is 10.1. The van der Waals surface area contributed by atoms with Gasteiger partial charge in [0.15, 0.2) is 0 Å². The fourth-order valence-electron chi connectivity index (χ4n) is 2.24. The Morgan fingerprint density at radius 2 is 1.71 bits per heavy atom. The Morgan fingerprint density at radius 3 is 2.71 bits per heavy atom. The molecule has 0 fully saturated rings. The number of benzene rings is 2. The van der Waals surface area contributed by atoms with E-state index in [0.717, 1.165) is 23.4 Å². The van der Waals surface area contributed by atoms with Gasteiger partial charge in [-0.2, -0.15) is 0 Å². The van der Waals surface area contributed by atoms with Gasteiger partial charge in [-0.1, -0.05) is 24.3 Å². The molecule has 2 heteroatoms. The van der Waals surface area contributed by atoms with Crippen molar-refractivity contribution in [2.45, 2.75) is 6.42 Å². The summed E-state index contributed by atoms with van der Waals surface area (Å²) in [6.07, 6.45) is 4.95. The van der Waals surface area contributed by atoms with Crippen LogP contribution < -0.4 is 0 Å². The normalized spacial score (nSPS) is 14.4. The molecule has 0 saturated heterocycles. The summed E-state index contributed by atoms with van der Waals surface area (Å²) in [5, 5.41) is 0. The van der Waals surface area contributed by atoms with Crippen molar-refractivity contribution in [2.75, 3.05) is 0 Å². The Labute approximate surface area is 99.4 Å². The van der Waals surface area contributed by atoms with E-state index in [2.05, 4.69) is 22.1 Å². The van der Waals surface area contributed by atoms with E-state index in [1.807, 2.05) is 36.7 Å². The number of para-hydroxylation sites is 1. The zero-order valence-corrected chi connectivity index (χ0v) is 9.22. The van der Waals surface area contributed by atoms with Crippen molar-refractivity contribution >= 4 is 23.8 Å². The quantitative estimate of drug-likeness (QED) is 0.432. The Bertz CT molecular complexity index is 681. The van der Waals surface area contributed by atoms with E-state index < -0.39 is 0 Å². The van der Waals surface area contributed by atoms with E-state index in [9.17, 15) is 0 Å². The smallest absolute Gasteiger partial charge is 0.0720 e. The average molecular weight is 218 g/mol. The second kappa shape index (κ2) is 3.14. The molecule has 0 radical (unpaired) electrons. The molecule has 2 aromatic carbocycles. The van der Waals surface area contributed by atoms with Crippen LogP contribution in [0.3, 0.4) is 0 Å². The van der Waals surface area contributed by atoms with Gasteiger partial charge in [-0.05, 0) is 29.7 Å². The lowest BCUT2D eigenvalue weighted by Gasteiger charge is -2.05. The molecule has 2 nitrogen and oxygen atoms in total. The highest BCUT2D eigenvalue weighted by Crippen LogP contribution is 2.37. The van der Waals surface area contributed by atoms with Gasteiger partial charge in [0.1, 0.15) is 0 Å². The van der Waals surface area contributed by atoms with Gasteiger partial charge in [-0.25, -0.2) is 0 Å². The van der Waals surface area contributed by atoms with Crippen molar-refractivity contribution in [3.05, 3.63) is 58.7 Å². The maximum Gasteiger partial charge on any atom is 0.0720 e. The van der Waals surface area contributed by atoms with Crippen molar-refractivity contribution in [3.8, 4) is 0 Å². The third-order valence-electron chi connectivity index (χ3n) is 3.29. The summed E-state index contributed by atoms with van der Waals surface area (Å²) in [4.78, 5) is 9.13. The van der Waals surface area contributed by atoms with Crippen LogP contribution in [0.4, 0.5) is 11.4 Å². The van der Waals surface area contributed by atoms with Crippen molar-refractivity contribution in [2.24, 2.45) is 9.98 Å². The lowest BCUT2D eigenvalue weighted by Crippen LogP contribution is -1.89. The third-order valence-corrected chi connectivity index (χ3v) is 3.29. The highest BCUT2D eigenvalue weighted by atomic mass is 14.8. The molecule has 80 valence electrons. The highest BCUT2D eigenvalue weighted by molar-refractivity contribution is 5.99. The van der Waals surface area contributed by atoms with E-state index in [0.29, 0.717) is 0 Å². The van der Waals surface area contributed by atoms with Gasteiger partial charge in [-0.3, -0.25) is 9.98 Å². The molecule has 0 aromatic heterocycles. The number of nitrogens with zero attached hydrogens (tertiary/aromatic N) is 2. The predicted molar refractivity (Wildman–Crippen MR) is 70.2 cm³/mol. The Hall–Kier alpha value is -2.22. The molecule has 2 aromatic rings. The molecule has 0 unspecified atom stereocenters. The van der Waals surface area contributed by atoms with Crippen LogP contribution in [0.25, 0.3) is 0 Å². The summed E-state index contributed by atoms with van der Waals surface area (Å²) in [5.41, 5.74) is 7.11. The molecule has 4 rings (SSSR count). The molecule has 0 saturated carbocycles. The zero-order valence-electron chi connectivity index (χ0n) is 9.22. The minimum atomic E-state index is 0.986. The molecule has 17 heavy (non-hydrogen) atoms. The Morgan fingerprint density at radius 1 is 0.824 bits per heavy atom. The van der Waals surface area contributed by atoms with Gasteiger partial charge in [0, 0.05) is 23.6 Å². The van der Waals surface area contributed by atoms with Gasteiger partial charge in [0.05, 0.1) is 11.4 Å². The van der Waals surface area contributed by atoms with Crippen molar-refractivity contribution in [3.63, 3.8) is 0 Å². The first-order valence-electron chi connectivity index (χ1n) is 5.74. The van der Waals surface area contributed by atoms with Crippen LogP contribution in [-0.2, 0) is 6.42 Å². The molecular weight excluding hydrogens is 208 g/mol. The van der Waals surface area contributed by atoms with Crippen molar-refractivity contribution in [1.82, 2.24) is 0 Å². The summed E-state index contributed by atoms with van der Waals surface area (Å²) >= 11 is 0. The fraction of sp³-hybridized carbons (Fsp3) is 0.0667. The SMILES string of the molecule is C1=Nc2ccccc2C=Nc2ccc3c(c21)C3. The maximum atomic E-state index is 4.57. The first-order valence-corrected chi connectivity index (χ1v) is 5.74. The fourth-order valence-corrected chi connectivity index (χ4v) is 2.24. The van der Waals surface area contributed by atoms with Gasteiger partial charge < -0.3 is 0 Å². The lowest BCUT2D eigenvalue weighted by molar-refractivity contribution is 1.45. The largest absolute Gasteiger partial charge is 0.255 e. The summed E-state index contributed by atoms with van der Waals surface area (Å²) in [6.45, 7) is 0. The van der Waals surface area contributed by atoms with Crippen molar-refractivity contribution < 1.29 is 0 Å². The molecule has 2 aliphatic rings. The molecular formula is C15H10N2. The van der Waals surface area contributed by atoms with Crippen LogP contribution in [0.15, 0.2) is 46.4 Å². The standard InChI is InChI=1S/C15H10N2/c1-2-4-14-11(3-1)8-16-15-6-5-10-7-12(10)13(15)9-17-14/h1-6,8-9H,7H2. The van der Waals surface area contributed by atoms with Crippen LogP contribution in [0, 0.1) is 0 Å². The Balaban J connectivity index is 1.94. The van der Waals surface area contributed by atoms with Crippen LogP contribution >= 0.6 is 0 Å². The van der Waals surface area contributed by atoms with Crippen LogP contribution in [0.5, 0.6) is 0 Å². The van der Waals surface area contributed by atoms with E-state index in [-0.39, 0.29) is 0 Å². The molecule has 0 amide bonds. The van der Waals surface area contributed by atoms with Crippen LogP contribution in [-0.4, -0.2) is 12.4 Å². The molecule has 0 N–H and O–H groups in total. The highest BCUT2D eigenvalue weighted by Gasteiger charge is 2.22. The number of hydrogen-bond donors (Lipinski definition) is 0. The summed E-state index contributed by atoms with van der Waals surface area (Å²) in [5.74, 6) is 0. The Kier molecular flexibility index (Phi) is 1.64. The molecule has 0 bridgehead atoms. The zero-order chi connectivity index (χ0) is 11.2. The van der Waals surface area contributed by atoms with Gasteiger partial charge >= 0.3 is 0 Å². The van der Waals surface area contributed by atoms with Gasteiger partial charge in [0.25, 0.3) is 0 Å². The second-order valence-corrected chi connectivity index (χ2v) is 4.39. The second-order valence-electron chi connectivity index (χ2n) is 4.39. The summed E-state index contributed by atoms with van der Waals surface area (Å²) in [7, 11) is 0. The van der Waals surface area contributed by atoms with E-state index in [4.69, 9.17) is 0 Å². The molecule has 1 aliphatic heterocycles. The predicted octanol–water partition coefficient (Wildman–Crippen LogP) is 3.41.